The van der Waals surface area contributed by atoms with Gasteiger partial charge in [-0.2, -0.15) is 5.10 Å². The fourth-order valence-corrected chi connectivity index (χ4v) is 2.87. The van der Waals surface area contributed by atoms with E-state index in [1.807, 2.05) is 0 Å². The largest absolute Gasteiger partial charge is 0.380 e. The van der Waals surface area contributed by atoms with Crippen LogP contribution in [0.1, 0.15) is 32.6 Å². The fourth-order valence-electron chi connectivity index (χ4n) is 2.40. The maximum atomic E-state index is 11.7. The van der Waals surface area contributed by atoms with Crippen molar-refractivity contribution in [2.75, 3.05) is 5.32 Å². The first-order valence-corrected chi connectivity index (χ1v) is 6.85. The summed E-state index contributed by atoms with van der Waals surface area (Å²) in [4.78, 5) is 11.7. The normalized spacial score (nSPS) is 24.6. The van der Waals surface area contributed by atoms with Crippen LogP contribution < -0.4 is 10.9 Å². The van der Waals surface area contributed by atoms with Crippen molar-refractivity contribution in [3.63, 3.8) is 0 Å². The van der Waals surface area contributed by atoms with Crippen LogP contribution >= 0.6 is 15.9 Å². The van der Waals surface area contributed by atoms with Crippen molar-refractivity contribution >= 4 is 21.6 Å². The van der Waals surface area contributed by atoms with Crippen molar-refractivity contribution in [2.24, 2.45) is 13.0 Å². The van der Waals surface area contributed by atoms with Crippen LogP contribution in [0.5, 0.6) is 0 Å². The van der Waals surface area contributed by atoms with E-state index in [0.29, 0.717) is 10.5 Å². The highest BCUT2D eigenvalue weighted by Gasteiger charge is 2.19. The van der Waals surface area contributed by atoms with Crippen LogP contribution in [-0.4, -0.2) is 15.8 Å². The van der Waals surface area contributed by atoms with Gasteiger partial charge in [0.25, 0.3) is 5.56 Å². The molecule has 94 valence electrons. The van der Waals surface area contributed by atoms with Gasteiger partial charge in [0.1, 0.15) is 4.47 Å². The molecule has 1 aromatic heterocycles. The van der Waals surface area contributed by atoms with Gasteiger partial charge in [-0.1, -0.05) is 19.8 Å². The molecule has 0 radical (unpaired) electrons. The summed E-state index contributed by atoms with van der Waals surface area (Å²) in [5, 5.41) is 7.46. The molecule has 4 nitrogen and oxygen atoms in total. The van der Waals surface area contributed by atoms with Crippen LogP contribution in [0, 0.1) is 5.92 Å². The molecule has 0 aliphatic heterocycles. The highest BCUT2D eigenvalue weighted by molar-refractivity contribution is 9.10. The van der Waals surface area contributed by atoms with Crippen molar-refractivity contribution in [2.45, 2.75) is 38.6 Å². The molecule has 1 saturated carbocycles. The highest BCUT2D eigenvalue weighted by Crippen LogP contribution is 2.27. The van der Waals surface area contributed by atoms with Gasteiger partial charge in [-0.25, -0.2) is 4.68 Å². The van der Waals surface area contributed by atoms with E-state index < -0.39 is 0 Å². The average Bonchev–Trinajstić information content (AvgIpc) is 2.30. The summed E-state index contributed by atoms with van der Waals surface area (Å²) in [5.74, 6) is 0.763. The van der Waals surface area contributed by atoms with Gasteiger partial charge in [-0.05, 0) is 34.7 Å². The Morgan fingerprint density at radius 2 is 2.29 bits per heavy atom. The zero-order valence-electron chi connectivity index (χ0n) is 10.2. The maximum absolute atomic E-state index is 11.7. The average molecular weight is 300 g/mol. The van der Waals surface area contributed by atoms with E-state index in [-0.39, 0.29) is 5.56 Å². The number of aryl methyl sites for hydroxylation is 1. The van der Waals surface area contributed by atoms with Crippen molar-refractivity contribution < 1.29 is 0 Å². The molecule has 1 heterocycles. The van der Waals surface area contributed by atoms with E-state index in [9.17, 15) is 4.79 Å². The maximum Gasteiger partial charge on any atom is 0.282 e. The molecule has 5 heteroatoms. The predicted molar refractivity (Wildman–Crippen MR) is 72.2 cm³/mol. The third kappa shape index (κ3) is 2.89. The first-order chi connectivity index (χ1) is 8.08. The molecule has 1 aliphatic rings. The smallest absolute Gasteiger partial charge is 0.282 e. The lowest BCUT2D eigenvalue weighted by Crippen LogP contribution is -2.28. The standard InChI is InChI=1S/C12H18BrN3O/c1-8-4-3-5-9(6-8)15-10-7-14-16(2)12(17)11(10)13/h7-9,15H,3-6H2,1-2H3. The van der Waals surface area contributed by atoms with E-state index in [4.69, 9.17) is 0 Å². The molecule has 1 fully saturated rings. The molecule has 1 aliphatic carbocycles. The number of aromatic nitrogens is 2. The van der Waals surface area contributed by atoms with Crippen LogP contribution in [-0.2, 0) is 7.05 Å². The molecule has 0 bridgehead atoms. The number of halogens is 1. The summed E-state index contributed by atoms with van der Waals surface area (Å²) < 4.78 is 1.91. The minimum absolute atomic E-state index is 0.0983. The minimum atomic E-state index is -0.0983. The van der Waals surface area contributed by atoms with Crippen LogP contribution in [0.2, 0.25) is 0 Å². The van der Waals surface area contributed by atoms with Crippen molar-refractivity contribution in [1.82, 2.24) is 9.78 Å². The lowest BCUT2D eigenvalue weighted by molar-refractivity contribution is 0.358. The third-order valence-electron chi connectivity index (χ3n) is 3.37. The number of nitrogens with zero attached hydrogens (tertiary/aromatic N) is 2. The highest BCUT2D eigenvalue weighted by atomic mass is 79.9. The van der Waals surface area contributed by atoms with Crippen molar-refractivity contribution in [3.05, 3.63) is 21.0 Å². The first kappa shape index (κ1) is 12.6. The Morgan fingerprint density at radius 3 is 3.00 bits per heavy atom. The van der Waals surface area contributed by atoms with Crippen LogP contribution in [0.3, 0.4) is 0 Å². The summed E-state index contributed by atoms with van der Waals surface area (Å²) in [5.41, 5.74) is 0.714. The van der Waals surface area contributed by atoms with Crippen LogP contribution in [0.25, 0.3) is 0 Å². The fraction of sp³-hybridized carbons (Fsp3) is 0.667. The van der Waals surface area contributed by atoms with E-state index in [2.05, 4.69) is 33.3 Å². The Labute approximate surface area is 110 Å². The van der Waals surface area contributed by atoms with Gasteiger partial charge in [-0.3, -0.25) is 4.79 Å². The number of anilines is 1. The summed E-state index contributed by atoms with van der Waals surface area (Å²) in [6, 6.07) is 0.462. The molecule has 0 spiro atoms. The Hall–Kier alpha value is -0.840. The molecular weight excluding hydrogens is 282 g/mol. The van der Waals surface area contributed by atoms with Gasteiger partial charge in [-0.15, -0.1) is 0 Å². The second-order valence-corrected chi connectivity index (χ2v) is 5.71. The zero-order valence-corrected chi connectivity index (χ0v) is 11.8. The summed E-state index contributed by atoms with van der Waals surface area (Å²) in [6.07, 6.45) is 6.63. The third-order valence-corrected chi connectivity index (χ3v) is 4.14. The SMILES string of the molecule is CC1CCCC(Nc2cnn(C)c(=O)c2Br)C1. The number of nitrogens with one attached hydrogen (secondary N) is 1. The summed E-state index contributed by atoms with van der Waals surface area (Å²) in [7, 11) is 1.65. The van der Waals surface area contributed by atoms with Gasteiger partial charge in [0.05, 0.1) is 11.9 Å². The lowest BCUT2D eigenvalue weighted by Gasteiger charge is -2.28. The van der Waals surface area contributed by atoms with Crippen LogP contribution in [0.15, 0.2) is 15.5 Å². The second-order valence-electron chi connectivity index (χ2n) is 4.91. The second kappa shape index (κ2) is 5.21. The quantitative estimate of drug-likeness (QED) is 0.913. The minimum Gasteiger partial charge on any atom is -0.380 e. The monoisotopic (exact) mass is 299 g/mol. The molecule has 2 unspecified atom stereocenters. The van der Waals surface area contributed by atoms with E-state index in [0.717, 1.165) is 11.6 Å². The molecule has 0 aromatic carbocycles. The van der Waals surface area contributed by atoms with Crippen molar-refractivity contribution in [1.29, 1.82) is 0 Å². The van der Waals surface area contributed by atoms with Gasteiger partial charge in [0.15, 0.2) is 0 Å². The Bertz CT molecular complexity index is 458. The van der Waals surface area contributed by atoms with Gasteiger partial charge in [0.2, 0.25) is 0 Å². The molecule has 1 aromatic rings. The number of hydrogen-bond acceptors (Lipinski definition) is 3. The Morgan fingerprint density at radius 1 is 1.53 bits per heavy atom. The van der Waals surface area contributed by atoms with E-state index in [1.165, 1.54) is 30.4 Å². The van der Waals surface area contributed by atoms with Crippen molar-refractivity contribution in [3.8, 4) is 0 Å². The first-order valence-electron chi connectivity index (χ1n) is 6.06. The topological polar surface area (TPSA) is 46.9 Å². The summed E-state index contributed by atoms with van der Waals surface area (Å²) >= 11 is 3.34. The molecule has 0 amide bonds. The predicted octanol–water partition coefficient (Wildman–Crippen LogP) is 2.53. The Kier molecular flexibility index (Phi) is 3.86. The molecule has 1 N–H and O–H groups in total. The molecule has 17 heavy (non-hydrogen) atoms. The molecule has 0 saturated heterocycles. The lowest BCUT2D eigenvalue weighted by atomic mass is 9.87. The molecular formula is C12H18BrN3O. The van der Waals surface area contributed by atoms with Gasteiger partial charge < -0.3 is 5.32 Å². The number of hydrogen-bond donors (Lipinski definition) is 1. The van der Waals surface area contributed by atoms with E-state index in [1.54, 1.807) is 13.2 Å². The summed E-state index contributed by atoms with van der Waals surface area (Å²) in [6.45, 7) is 2.28. The molecule has 2 atom stereocenters. The van der Waals surface area contributed by atoms with Crippen LogP contribution in [0.4, 0.5) is 5.69 Å². The van der Waals surface area contributed by atoms with Gasteiger partial charge >= 0.3 is 0 Å². The number of rotatable bonds is 2. The Balaban J connectivity index is 2.13. The van der Waals surface area contributed by atoms with Gasteiger partial charge in [0, 0.05) is 13.1 Å². The van der Waals surface area contributed by atoms with E-state index >= 15 is 0 Å². The molecule has 2 rings (SSSR count). The zero-order chi connectivity index (χ0) is 12.4.